The Hall–Kier alpha value is -2.70. The molecule has 0 aliphatic heterocycles. The summed E-state index contributed by atoms with van der Waals surface area (Å²) in [6.07, 6.45) is 0. The van der Waals surface area contributed by atoms with Crippen LogP contribution in [0.15, 0.2) is 35.4 Å². The number of nitrogens with two attached hydrogens (primary N) is 1. The van der Waals surface area contributed by atoms with Crippen LogP contribution in [0.3, 0.4) is 0 Å². The summed E-state index contributed by atoms with van der Waals surface area (Å²) in [6, 6.07) is 13.2. The maximum Gasteiger partial charge on any atom is 0.142 e. The van der Waals surface area contributed by atoms with E-state index >= 15 is 0 Å². The second-order valence-corrected chi connectivity index (χ2v) is 5.86. The second kappa shape index (κ2) is 6.84. The first-order valence-electron chi connectivity index (χ1n) is 6.50. The van der Waals surface area contributed by atoms with E-state index in [1.165, 1.54) is 17.8 Å². The van der Waals surface area contributed by atoms with Crippen molar-refractivity contribution < 1.29 is 4.74 Å². The van der Waals surface area contributed by atoms with E-state index in [0.717, 1.165) is 11.3 Å². The number of anilines is 1. The fraction of sp³-hybridized carbons (Fsp3) is 0.188. The summed E-state index contributed by atoms with van der Waals surface area (Å²) in [5.74, 6) is 0.916. The number of rotatable bonds is 4. The summed E-state index contributed by atoms with van der Waals surface area (Å²) < 4.78 is 5.22. The van der Waals surface area contributed by atoms with Gasteiger partial charge in [-0.25, -0.2) is 4.98 Å². The molecule has 2 aromatic rings. The van der Waals surface area contributed by atoms with Crippen molar-refractivity contribution in [2.45, 2.75) is 17.2 Å². The molecule has 0 radical (unpaired) electrons. The van der Waals surface area contributed by atoms with Crippen LogP contribution in [0.5, 0.6) is 5.75 Å². The lowest BCUT2D eigenvalue weighted by Gasteiger charge is -2.13. The number of nitrogen functional groups attached to an aromatic ring is 1. The van der Waals surface area contributed by atoms with E-state index in [0.29, 0.717) is 10.6 Å². The van der Waals surface area contributed by atoms with Crippen LogP contribution >= 0.6 is 11.8 Å². The van der Waals surface area contributed by atoms with Crippen LogP contribution in [-0.2, 0) is 0 Å². The molecule has 0 bridgehead atoms. The molecule has 0 amide bonds. The molecule has 1 aromatic heterocycles. The van der Waals surface area contributed by atoms with E-state index in [1.54, 1.807) is 7.11 Å². The Labute approximate surface area is 133 Å². The zero-order valence-corrected chi connectivity index (χ0v) is 13.0. The number of methoxy groups -OCH3 is 1. The zero-order valence-electron chi connectivity index (χ0n) is 12.2. The highest BCUT2D eigenvalue weighted by atomic mass is 32.2. The zero-order chi connectivity index (χ0) is 16.1. The van der Waals surface area contributed by atoms with Crippen molar-refractivity contribution in [3.63, 3.8) is 0 Å². The average Bonchev–Trinajstić information content (AvgIpc) is 2.55. The van der Waals surface area contributed by atoms with Crippen molar-refractivity contribution in [2.24, 2.45) is 0 Å². The Morgan fingerprint density at radius 3 is 2.59 bits per heavy atom. The van der Waals surface area contributed by atoms with Gasteiger partial charge >= 0.3 is 0 Å². The fourth-order valence-electron chi connectivity index (χ4n) is 1.90. The largest absolute Gasteiger partial charge is 0.497 e. The number of benzene rings is 1. The van der Waals surface area contributed by atoms with E-state index < -0.39 is 0 Å². The van der Waals surface area contributed by atoms with Crippen molar-refractivity contribution in [1.29, 1.82) is 10.5 Å². The van der Waals surface area contributed by atoms with E-state index in [1.807, 2.05) is 37.3 Å². The van der Waals surface area contributed by atoms with Crippen molar-refractivity contribution in [3.8, 4) is 17.9 Å². The quantitative estimate of drug-likeness (QED) is 0.871. The number of hydrogen-bond acceptors (Lipinski definition) is 6. The van der Waals surface area contributed by atoms with E-state index in [4.69, 9.17) is 15.7 Å². The van der Waals surface area contributed by atoms with Crippen LogP contribution in [0.25, 0.3) is 0 Å². The summed E-state index contributed by atoms with van der Waals surface area (Å²) in [4.78, 5) is 4.19. The molecule has 0 saturated carbocycles. The van der Waals surface area contributed by atoms with Crippen molar-refractivity contribution in [2.75, 3.05) is 12.8 Å². The van der Waals surface area contributed by atoms with Gasteiger partial charge in [-0.2, -0.15) is 10.5 Å². The molecule has 2 N–H and O–H groups in total. The molecule has 6 heteroatoms. The number of aromatic nitrogens is 1. The average molecular weight is 310 g/mol. The Bertz CT molecular complexity index is 777. The smallest absolute Gasteiger partial charge is 0.142 e. The highest BCUT2D eigenvalue weighted by Crippen LogP contribution is 2.37. The summed E-state index contributed by atoms with van der Waals surface area (Å²) in [5, 5.41) is 18.7. The Morgan fingerprint density at radius 2 is 1.95 bits per heavy atom. The molecule has 0 fully saturated rings. The lowest BCUT2D eigenvalue weighted by molar-refractivity contribution is 0.414. The first-order valence-corrected chi connectivity index (χ1v) is 7.38. The topological polar surface area (TPSA) is 95.7 Å². The van der Waals surface area contributed by atoms with Gasteiger partial charge in [0.25, 0.3) is 0 Å². The van der Waals surface area contributed by atoms with Crippen molar-refractivity contribution in [3.05, 3.63) is 47.0 Å². The van der Waals surface area contributed by atoms with E-state index in [9.17, 15) is 5.26 Å². The van der Waals surface area contributed by atoms with Gasteiger partial charge in [-0.1, -0.05) is 23.9 Å². The van der Waals surface area contributed by atoms with Crippen LogP contribution in [0.2, 0.25) is 0 Å². The van der Waals surface area contributed by atoms with Gasteiger partial charge in [0.1, 0.15) is 28.7 Å². The van der Waals surface area contributed by atoms with Gasteiger partial charge in [-0.3, -0.25) is 0 Å². The van der Waals surface area contributed by atoms with Crippen LogP contribution in [-0.4, -0.2) is 12.1 Å². The van der Waals surface area contributed by atoms with Gasteiger partial charge in [0.05, 0.1) is 18.2 Å². The Balaban J connectivity index is 2.32. The number of nitriles is 2. The monoisotopic (exact) mass is 310 g/mol. The number of pyridine rings is 1. The third-order valence-electron chi connectivity index (χ3n) is 3.11. The Kier molecular flexibility index (Phi) is 4.88. The lowest BCUT2D eigenvalue weighted by atomic mass is 10.1. The maximum atomic E-state index is 9.22. The molecule has 5 nitrogen and oxygen atoms in total. The standard InChI is InChI=1S/C16H14N4OS/c1-10(11-4-3-5-14(7-11)21-2)22-16-13(9-18)6-12(8-17)15(19)20-16/h3-7,10H,1-2H3,(H2,19,20)/t10-/m0/s1. The Morgan fingerprint density at radius 1 is 1.23 bits per heavy atom. The minimum absolute atomic E-state index is 0.0574. The molecular weight excluding hydrogens is 296 g/mol. The molecule has 2 rings (SSSR count). The van der Waals surface area contributed by atoms with E-state index in [-0.39, 0.29) is 16.6 Å². The van der Waals surface area contributed by atoms with E-state index in [2.05, 4.69) is 11.1 Å². The van der Waals surface area contributed by atoms with Gasteiger partial charge < -0.3 is 10.5 Å². The van der Waals surface area contributed by atoms with Gasteiger partial charge in [0.2, 0.25) is 0 Å². The van der Waals surface area contributed by atoms with Crippen LogP contribution in [0, 0.1) is 22.7 Å². The lowest BCUT2D eigenvalue weighted by Crippen LogP contribution is -2.00. The summed E-state index contributed by atoms with van der Waals surface area (Å²) in [7, 11) is 1.62. The predicted octanol–water partition coefficient (Wildman–Crippen LogP) is 3.27. The predicted molar refractivity (Wildman–Crippen MR) is 85.3 cm³/mol. The molecule has 0 unspecified atom stereocenters. The highest BCUT2D eigenvalue weighted by Gasteiger charge is 2.15. The molecule has 0 aliphatic carbocycles. The van der Waals surface area contributed by atoms with Crippen molar-refractivity contribution >= 4 is 17.6 Å². The number of nitrogens with zero attached hydrogens (tertiary/aromatic N) is 3. The van der Waals surface area contributed by atoms with Crippen LogP contribution < -0.4 is 10.5 Å². The van der Waals surface area contributed by atoms with Crippen LogP contribution in [0.4, 0.5) is 5.82 Å². The first kappa shape index (κ1) is 15.7. The summed E-state index contributed by atoms with van der Waals surface area (Å²) >= 11 is 1.42. The minimum Gasteiger partial charge on any atom is -0.497 e. The van der Waals surface area contributed by atoms with Crippen LogP contribution in [0.1, 0.15) is 28.9 Å². The molecule has 0 aliphatic rings. The summed E-state index contributed by atoms with van der Waals surface area (Å²) in [5.41, 5.74) is 7.36. The highest BCUT2D eigenvalue weighted by molar-refractivity contribution is 7.99. The summed E-state index contributed by atoms with van der Waals surface area (Å²) in [6.45, 7) is 2.01. The van der Waals surface area contributed by atoms with Gasteiger partial charge in [0.15, 0.2) is 0 Å². The number of ether oxygens (including phenoxy) is 1. The normalized spacial score (nSPS) is 11.3. The molecule has 1 heterocycles. The fourth-order valence-corrected chi connectivity index (χ4v) is 2.90. The molecule has 22 heavy (non-hydrogen) atoms. The SMILES string of the molecule is COc1cccc([C@H](C)Sc2nc(N)c(C#N)cc2C#N)c1. The first-order chi connectivity index (χ1) is 10.6. The van der Waals surface area contributed by atoms with Gasteiger partial charge in [0, 0.05) is 5.25 Å². The van der Waals surface area contributed by atoms with Crippen molar-refractivity contribution in [1.82, 2.24) is 4.98 Å². The third-order valence-corrected chi connectivity index (χ3v) is 4.27. The third kappa shape index (κ3) is 3.30. The van der Waals surface area contributed by atoms with Gasteiger partial charge in [-0.15, -0.1) is 0 Å². The molecule has 1 atom stereocenters. The molecule has 0 saturated heterocycles. The molecule has 110 valence electrons. The second-order valence-electron chi connectivity index (χ2n) is 4.53. The minimum atomic E-state index is 0.0574. The number of thioether (sulfide) groups is 1. The molecule has 0 spiro atoms. The maximum absolute atomic E-state index is 9.22. The molecular formula is C16H14N4OS. The molecule has 1 aromatic carbocycles. The number of hydrogen-bond donors (Lipinski definition) is 1. The van der Waals surface area contributed by atoms with Gasteiger partial charge in [-0.05, 0) is 30.7 Å².